The van der Waals surface area contributed by atoms with E-state index in [9.17, 15) is 14.4 Å². The smallest absolute Gasteiger partial charge is 0.325 e. The molecule has 0 bridgehead atoms. The molecule has 7 heteroatoms. The fourth-order valence-electron chi connectivity index (χ4n) is 1.82. The number of nitrogens with one attached hydrogen (secondary N) is 2. The van der Waals surface area contributed by atoms with Crippen molar-refractivity contribution < 1.29 is 23.9 Å². The second-order valence-electron chi connectivity index (χ2n) is 4.96. The van der Waals surface area contributed by atoms with Crippen LogP contribution >= 0.6 is 0 Å². The molecule has 0 aliphatic carbocycles. The lowest BCUT2D eigenvalue weighted by atomic mass is 10.2. The molecule has 0 saturated carbocycles. The summed E-state index contributed by atoms with van der Waals surface area (Å²) < 4.78 is 10.3. The molecule has 2 aromatic rings. The van der Waals surface area contributed by atoms with Crippen molar-refractivity contribution >= 4 is 17.8 Å². The molecule has 0 heterocycles. The maximum absolute atomic E-state index is 12.0. The molecule has 0 saturated heterocycles. The molecular weight excluding hydrogens is 324 g/mol. The monoisotopic (exact) mass is 342 g/mol. The van der Waals surface area contributed by atoms with Crippen molar-refractivity contribution in [3.63, 3.8) is 0 Å². The molecule has 7 nitrogen and oxygen atoms in total. The van der Waals surface area contributed by atoms with Crippen molar-refractivity contribution in [2.45, 2.75) is 0 Å². The minimum Gasteiger partial charge on any atom is -0.457 e. The standard InChI is InChI=1S/C18H18N2O5/c1-19-16(21)12-24-17(22)11-20-18(23)13-7-9-15(10-8-13)25-14-5-3-2-4-6-14/h2-10H,11-12H2,1H3,(H,19,21)(H,20,23). The Morgan fingerprint density at radius 2 is 1.56 bits per heavy atom. The van der Waals surface area contributed by atoms with Crippen LogP contribution in [0, 0.1) is 0 Å². The topological polar surface area (TPSA) is 93.7 Å². The summed E-state index contributed by atoms with van der Waals surface area (Å²) in [6, 6.07) is 15.8. The summed E-state index contributed by atoms with van der Waals surface area (Å²) in [5, 5.41) is 4.74. The Kier molecular flexibility index (Phi) is 6.53. The zero-order valence-corrected chi connectivity index (χ0v) is 13.7. The van der Waals surface area contributed by atoms with E-state index in [-0.39, 0.29) is 13.2 Å². The van der Waals surface area contributed by atoms with E-state index < -0.39 is 17.8 Å². The van der Waals surface area contributed by atoms with Gasteiger partial charge in [-0.25, -0.2) is 0 Å². The Hall–Kier alpha value is -3.35. The average molecular weight is 342 g/mol. The molecule has 0 aliphatic heterocycles. The van der Waals surface area contributed by atoms with E-state index >= 15 is 0 Å². The number of rotatable bonds is 7. The molecule has 0 aliphatic rings. The third-order valence-electron chi connectivity index (χ3n) is 3.13. The van der Waals surface area contributed by atoms with Crippen molar-refractivity contribution in [1.82, 2.24) is 10.6 Å². The quantitative estimate of drug-likeness (QED) is 0.744. The first-order valence-electron chi connectivity index (χ1n) is 7.56. The van der Waals surface area contributed by atoms with E-state index in [1.165, 1.54) is 7.05 Å². The molecule has 0 unspecified atom stereocenters. The fourth-order valence-corrected chi connectivity index (χ4v) is 1.82. The van der Waals surface area contributed by atoms with Crippen LogP contribution in [0.15, 0.2) is 54.6 Å². The van der Waals surface area contributed by atoms with Gasteiger partial charge in [0.25, 0.3) is 11.8 Å². The van der Waals surface area contributed by atoms with E-state index in [1.54, 1.807) is 24.3 Å². The summed E-state index contributed by atoms with van der Waals surface area (Å²) >= 11 is 0. The van der Waals surface area contributed by atoms with Crippen LogP contribution < -0.4 is 15.4 Å². The van der Waals surface area contributed by atoms with E-state index in [0.717, 1.165) is 0 Å². The Balaban J connectivity index is 1.82. The molecule has 0 fully saturated rings. The zero-order chi connectivity index (χ0) is 18.1. The second kappa shape index (κ2) is 9.07. The zero-order valence-electron chi connectivity index (χ0n) is 13.7. The number of carbonyl (C=O) groups excluding carboxylic acids is 3. The lowest BCUT2D eigenvalue weighted by Crippen LogP contribution is -2.33. The van der Waals surface area contributed by atoms with E-state index in [4.69, 9.17) is 4.74 Å². The molecule has 2 rings (SSSR count). The van der Waals surface area contributed by atoms with Crippen LogP contribution in [0.5, 0.6) is 11.5 Å². The first-order chi connectivity index (χ1) is 12.1. The van der Waals surface area contributed by atoms with Crippen LogP contribution in [0.25, 0.3) is 0 Å². The highest BCUT2D eigenvalue weighted by molar-refractivity contribution is 5.96. The number of carbonyl (C=O) groups is 3. The predicted octanol–water partition coefficient (Wildman–Crippen LogP) is 1.50. The minimum absolute atomic E-state index is 0.321. The lowest BCUT2D eigenvalue weighted by Gasteiger charge is -2.08. The van der Waals surface area contributed by atoms with Crippen LogP contribution in [-0.2, 0) is 14.3 Å². The number of likely N-dealkylation sites (N-methyl/N-ethyl adjacent to an activating group) is 1. The van der Waals surface area contributed by atoms with Gasteiger partial charge in [-0.05, 0) is 36.4 Å². The number of amides is 2. The highest BCUT2D eigenvalue weighted by Crippen LogP contribution is 2.20. The summed E-state index contributed by atoms with van der Waals surface area (Å²) in [7, 11) is 1.43. The number of hydrogen-bond donors (Lipinski definition) is 2. The molecule has 130 valence electrons. The van der Waals surface area contributed by atoms with Crippen LogP contribution in [0.1, 0.15) is 10.4 Å². The van der Waals surface area contributed by atoms with Crippen molar-refractivity contribution in [3.8, 4) is 11.5 Å². The van der Waals surface area contributed by atoms with Crippen molar-refractivity contribution in [3.05, 3.63) is 60.2 Å². The van der Waals surface area contributed by atoms with E-state index in [2.05, 4.69) is 15.4 Å². The summed E-state index contributed by atoms with van der Waals surface area (Å²) in [6.07, 6.45) is 0. The normalized spacial score (nSPS) is 9.80. The van der Waals surface area contributed by atoms with Crippen molar-refractivity contribution in [2.24, 2.45) is 0 Å². The van der Waals surface area contributed by atoms with Gasteiger partial charge in [-0.2, -0.15) is 0 Å². The van der Waals surface area contributed by atoms with E-state index in [0.29, 0.717) is 17.1 Å². The summed E-state index contributed by atoms with van der Waals surface area (Å²) in [5.41, 5.74) is 0.375. The molecule has 0 atom stereocenters. The SMILES string of the molecule is CNC(=O)COC(=O)CNC(=O)c1ccc(Oc2ccccc2)cc1. The van der Waals surface area contributed by atoms with Gasteiger partial charge >= 0.3 is 5.97 Å². The third kappa shape index (κ3) is 5.98. The molecule has 0 radical (unpaired) electrons. The Morgan fingerprint density at radius 3 is 2.20 bits per heavy atom. The van der Waals surface area contributed by atoms with E-state index in [1.807, 2.05) is 30.3 Å². The van der Waals surface area contributed by atoms with Gasteiger partial charge in [-0.3, -0.25) is 14.4 Å². The van der Waals surface area contributed by atoms with Crippen LogP contribution in [0.2, 0.25) is 0 Å². The molecular formula is C18H18N2O5. The Morgan fingerprint density at radius 1 is 0.920 bits per heavy atom. The molecule has 2 amide bonds. The predicted molar refractivity (Wildman–Crippen MR) is 90.3 cm³/mol. The average Bonchev–Trinajstić information content (AvgIpc) is 2.65. The Labute approximate surface area is 144 Å². The molecule has 0 spiro atoms. The van der Waals surface area contributed by atoms with Crippen molar-refractivity contribution in [1.29, 1.82) is 0 Å². The third-order valence-corrected chi connectivity index (χ3v) is 3.13. The molecule has 0 aromatic heterocycles. The van der Waals surface area contributed by atoms with Crippen LogP contribution in [0.3, 0.4) is 0 Å². The summed E-state index contributed by atoms with van der Waals surface area (Å²) in [5.74, 6) is -0.260. The van der Waals surface area contributed by atoms with Gasteiger partial charge in [0.15, 0.2) is 6.61 Å². The van der Waals surface area contributed by atoms with Gasteiger partial charge in [0, 0.05) is 12.6 Å². The Bertz CT molecular complexity index is 729. The van der Waals surface area contributed by atoms with Crippen LogP contribution in [0.4, 0.5) is 0 Å². The van der Waals surface area contributed by atoms with Gasteiger partial charge < -0.3 is 20.1 Å². The number of benzene rings is 2. The maximum Gasteiger partial charge on any atom is 0.325 e. The van der Waals surface area contributed by atoms with Gasteiger partial charge in [0.1, 0.15) is 18.0 Å². The van der Waals surface area contributed by atoms with Crippen LogP contribution in [-0.4, -0.2) is 38.0 Å². The molecule has 2 N–H and O–H groups in total. The molecule has 2 aromatic carbocycles. The largest absolute Gasteiger partial charge is 0.457 e. The van der Waals surface area contributed by atoms with Gasteiger partial charge in [-0.15, -0.1) is 0 Å². The second-order valence-corrected chi connectivity index (χ2v) is 4.96. The van der Waals surface area contributed by atoms with Crippen molar-refractivity contribution in [2.75, 3.05) is 20.2 Å². The van der Waals surface area contributed by atoms with Gasteiger partial charge in [0.2, 0.25) is 0 Å². The first kappa shape index (κ1) is 18.0. The maximum atomic E-state index is 12.0. The minimum atomic E-state index is -0.694. The summed E-state index contributed by atoms with van der Waals surface area (Å²) in [6.45, 7) is -0.700. The van der Waals surface area contributed by atoms with Gasteiger partial charge in [0.05, 0.1) is 0 Å². The molecule has 25 heavy (non-hydrogen) atoms. The fraction of sp³-hybridized carbons (Fsp3) is 0.167. The highest BCUT2D eigenvalue weighted by atomic mass is 16.5. The number of hydrogen-bond acceptors (Lipinski definition) is 5. The lowest BCUT2D eigenvalue weighted by molar-refractivity contribution is -0.147. The summed E-state index contributed by atoms with van der Waals surface area (Å²) in [4.78, 5) is 34.3. The van der Waals surface area contributed by atoms with Gasteiger partial charge in [-0.1, -0.05) is 18.2 Å². The number of ether oxygens (including phenoxy) is 2. The number of esters is 1. The number of para-hydroxylation sites is 1. The highest BCUT2D eigenvalue weighted by Gasteiger charge is 2.10. The first-order valence-corrected chi connectivity index (χ1v) is 7.56.